The van der Waals surface area contributed by atoms with Crippen molar-refractivity contribution < 1.29 is 22.3 Å². The maximum Gasteiger partial charge on any atom is 0.262 e. The summed E-state index contributed by atoms with van der Waals surface area (Å²) in [5.41, 5.74) is 0.0153. The number of amides is 1. The number of nitrogens with one attached hydrogen (secondary N) is 1. The molecule has 1 amide bonds. The van der Waals surface area contributed by atoms with E-state index in [1.54, 1.807) is 4.90 Å². The Hall–Kier alpha value is -2.61. The zero-order valence-corrected chi connectivity index (χ0v) is 15.1. The molecule has 2 aromatic rings. The summed E-state index contributed by atoms with van der Waals surface area (Å²) in [7, 11) is -2.64. The molecule has 0 bridgehead atoms. The molecule has 6 nitrogen and oxygen atoms in total. The topological polar surface area (TPSA) is 75.7 Å². The number of hydrogen-bond acceptors (Lipinski definition) is 4. The molecule has 2 aromatic carbocycles. The summed E-state index contributed by atoms with van der Waals surface area (Å²) in [5, 5.41) is 0. The van der Waals surface area contributed by atoms with Gasteiger partial charge in [0.25, 0.3) is 15.9 Å². The van der Waals surface area contributed by atoms with Gasteiger partial charge in [0.1, 0.15) is 11.6 Å². The summed E-state index contributed by atoms with van der Waals surface area (Å²) in [6.07, 6.45) is 1.84. The normalized spacial score (nSPS) is 14.3. The standard InChI is InChI=1S/C18H19FN2O4S/c1-25-17-9-8-13(12-14(17)18(22)21-10-4-5-11-21)26(23,24)20-16-7-3-2-6-15(16)19/h2-3,6-9,12,20H,4-5,10-11H2,1H3. The van der Waals surface area contributed by atoms with E-state index in [9.17, 15) is 17.6 Å². The largest absolute Gasteiger partial charge is 0.496 e. The highest BCUT2D eigenvalue weighted by atomic mass is 32.2. The van der Waals surface area contributed by atoms with Gasteiger partial charge in [-0.1, -0.05) is 12.1 Å². The van der Waals surface area contributed by atoms with Crippen molar-refractivity contribution >= 4 is 21.6 Å². The Kier molecular flexibility index (Phi) is 5.13. The zero-order chi connectivity index (χ0) is 18.7. The van der Waals surface area contributed by atoms with Crippen molar-refractivity contribution in [3.63, 3.8) is 0 Å². The van der Waals surface area contributed by atoms with Crippen LogP contribution in [-0.4, -0.2) is 39.4 Å². The Bertz CT molecular complexity index is 925. The van der Waals surface area contributed by atoms with Crippen LogP contribution in [0.5, 0.6) is 5.75 Å². The number of hydrogen-bond donors (Lipinski definition) is 1. The van der Waals surface area contributed by atoms with E-state index in [2.05, 4.69) is 4.72 Å². The first-order valence-corrected chi connectivity index (χ1v) is 9.65. The monoisotopic (exact) mass is 378 g/mol. The van der Waals surface area contributed by atoms with Gasteiger partial charge in [-0.15, -0.1) is 0 Å². The number of carbonyl (C=O) groups is 1. The average molecular weight is 378 g/mol. The van der Waals surface area contributed by atoms with Gasteiger partial charge in [-0.25, -0.2) is 12.8 Å². The first kappa shape index (κ1) is 18.2. The van der Waals surface area contributed by atoms with E-state index in [4.69, 9.17) is 4.74 Å². The van der Waals surface area contributed by atoms with Crippen LogP contribution >= 0.6 is 0 Å². The molecule has 138 valence electrons. The Morgan fingerprint density at radius 3 is 2.50 bits per heavy atom. The molecule has 1 aliphatic rings. The van der Waals surface area contributed by atoms with Crippen LogP contribution in [0.15, 0.2) is 47.4 Å². The van der Waals surface area contributed by atoms with Gasteiger partial charge < -0.3 is 9.64 Å². The smallest absolute Gasteiger partial charge is 0.262 e. The third-order valence-electron chi connectivity index (χ3n) is 4.22. The van der Waals surface area contributed by atoms with Crippen LogP contribution in [0, 0.1) is 5.82 Å². The lowest BCUT2D eigenvalue weighted by atomic mass is 10.1. The number of carbonyl (C=O) groups excluding carboxylic acids is 1. The lowest BCUT2D eigenvalue weighted by molar-refractivity contribution is 0.0789. The molecule has 26 heavy (non-hydrogen) atoms. The number of para-hydroxylation sites is 1. The number of anilines is 1. The molecular weight excluding hydrogens is 359 g/mol. The summed E-state index contributed by atoms with van der Waals surface area (Å²) in [5.74, 6) is -0.660. The molecule has 1 N–H and O–H groups in total. The predicted molar refractivity (Wildman–Crippen MR) is 95.3 cm³/mol. The van der Waals surface area contributed by atoms with Crippen LogP contribution < -0.4 is 9.46 Å². The van der Waals surface area contributed by atoms with Crippen molar-refractivity contribution in [2.45, 2.75) is 17.7 Å². The highest BCUT2D eigenvalue weighted by molar-refractivity contribution is 7.92. The number of benzene rings is 2. The van der Waals surface area contributed by atoms with E-state index in [0.29, 0.717) is 18.8 Å². The van der Waals surface area contributed by atoms with E-state index >= 15 is 0 Å². The summed E-state index contributed by atoms with van der Waals surface area (Å²) in [6, 6.07) is 9.50. The first-order chi connectivity index (χ1) is 12.4. The molecule has 8 heteroatoms. The van der Waals surface area contributed by atoms with Crippen molar-refractivity contribution in [3.8, 4) is 5.75 Å². The Balaban J connectivity index is 1.96. The molecule has 0 radical (unpaired) electrons. The Morgan fingerprint density at radius 1 is 1.15 bits per heavy atom. The molecule has 0 spiro atoms. The summed E-state index contributed by atoms with van der Waals surface area (Å²) in [4.78, 5) is 14.2. The number of halogens is 1. The van der Waals surface area contributed by atoms with Gasteiger partial charge in [0.05, 0.1) is 23.3 Å². The maximum atomic E-state index is 13.8. The second kappa shape index (κ2) is 7.33. The lowest BCUT2D eigenvalue weighted by Crippen LogP contribution is -2.28. The first-order valence-electron chi connectivity index (χ1n) is 8.17. The predicted octanol–water partition coefficient (Wildman–Crippen LogP) is 2.87. The zero-order valence-electron chi connectivity index (χ0n) is 14.2. The van der Waals surface area contributed by atoms with Crippen molar-refractivity contribution in [1.29, 1.82) is 0 Å². The van der Waals surface area contributed by atoms with Crippen LogP contribution in [0.1, 0.15) is 23.2 Å². The fraction of sp³-hybridized carbons (Fsp3) is 0.278. The van der Waals surface area contributed by atoms with Gasteiger partial charge in [-0.05, 0) is 43.2 Å². The highest BCUT2D eigenvalue weighted by Crippen LogP contribution is 2.27. The Morgan fingerprint density at radius 2 is 1.85 bits per heavy atom. The number of nitrogens with zero attached hydrogens (tertiary/aromatic N) is 1. The SMILES string of the molecule is COc1ccc(S(=O)(=O)Nc2ccccc2F)cc1C(=O)N1CCCC1. The molecule has 0 saturated carbocycles. The number of rotatable bonds is 5. The summed E-state index contributed by atoms with van der Waals surface area (Å²) < 4.78 is 46.4. The van der Waals surface area contributed by atoms with Crippen LogP contribution in [0.4, 0.5) is 10.1 Å². The van der Waals surface area contributed by atoms with Gasteiger partial charge in [-0.3, -0.25) is 9.52 Å². The third-order valence-corrected chi connectivity index (χ3v) is 5.59. The van der Waals surface area contributed by atoms with Crippen LogP contribution in [0.2, 0.25) is 0 Å². The fourth-order valence-corrected chi connectivity index (χ4v) is 3.95. The molecule has 0 unspecified atom stereocenters. The lowest BCUT2D eigenvalue weighted by Gasteiger charge is -2.18. The molecule has 0 aliphatic carbocycles. The van der Waals surface area contributed by atoms with Gasteiger partial charge in [0, 0.05) is 13.1 Å². The van der Waals surface area contributed by atoms with Crippen molar-refractivity contribution in [3.05, 3.63) is 53.8 Å². The second-order valence-electron chi connectivity index (χ2n) is 5.95. The average Bonchev–Trinajstić information content (AvgIpc) is 3.17. The van der Waals surface area contributed by atoms with Gasteiger partial charge in [0.15, 0.2) is 0 Å². The maximum absolute atomic E-state index is 13.8. The van der Waals surface area contributed by atoms with Gasteiger partial charge in [-0.2, -0.15) is 0 Å². The number of likely N-dealkylation sites (tertiary alicyclic amines) is 1. The molecule has 1 saturated heterocycles. The van der Waals surface area contributed by atoms with Crippen LogP contribution in [0.3, 0.4) is 0 Å². The van der Waals surface area contributed by atoms with Crippen molar-refractivity contribution in [1.82, 2.24) is 4.90 Å². The number of methoxy groups -OCH3 is 1. The number of ether oxygens (including phenoxy) is 1. The van der Waals surface area contributed by atoms with E-state index < -0.39 is 15.8 Å². The fourth-order valence-electron chi connectivity index (χ4n) is 2.86. The van der Waals surface area contributed by atoms with Gasteiger partial charge >= 0.3 is 0 Å². The summed E-state index contributed by atoms with van der Waals surface area (Å²) in [6.45, 7) is 1.26. The molecule has 0 atom stereocenters. The van der Waals surface area contributed by atoms with Crippen molar-refractivity contribution in [2.75, 3.05) is 24.9 Å². The summed E-state index contributed by atoms with van der Waals surface area (Å²) >= 11 is 0. The van der Waals surface area contributed by atoms with Crippen LogP contribution in [0.25, 0.3) is 0 Å². The van der Waals surface area contributed by atoms with E-state index in [1.807, 2.05) is 0 Å². The third kappa shape index (κ3) is 3.65. The minimum atomic E-state index is -4.06. The number of sulfonamides is 1. The van der Waals surface area contributed by atoms with Gasteiger partial charge in [0.2, 0.25) is 0 Å². The second-order valence-corrected chi connectivity index (χ2v) is 7.63. The molecular formula is C18H19FN2O4S. The molecule has 1 fully saturated rings. The molecule has 1 heterocycles. The molecule has 1 aliphatic heterocycles. The van der Waals surface area contributed by atoms with Crippen molar-refractivity contribution in [2.24, 2.45) is 0 Å². The van der Waals surface area contributed by atoms with E-state index in [0.717, 1.165) is 18.9 Å². The quantitative estimate of drug-likeness (QED) is 0.868. The van der Waals surface area contributed by atoms with Crippen LogP contribution in [-0.2, 0) is 10.0 Å². The molecule has 0 aromatic heterocycles. The molecule has 3 rings (SSSR count). The highest BCUT2D eigenvalue weighted by Gasteiger charge is 2.25. The minimum Gasteiger partial charge on any atom is -0.496 e. The minimum absolute atomic E-state index is 0.135. The van der Waals surface area contributed by atoms with E-state index in [-0.39, 0.29) is 22.1 Å². The Labute approximate surface area is 151 Å². The van der Waals surface area contributed by atoms with E-state index in [1.165, 1.54) is 43.5 Å².